The highest BCUT2D eigenvalue weighted by atomic mass is 35.7. The number of rotatable bonds is 6. The van der Waals surface area contributed by atoms with Gasteiger partial charge in [0.1, 0.15) is 17.2 Å². The van der Waals surface area contributed by atoms with Gasteiger partial charge >= 0.3 is 0 Å². The van der Waals surface area contributed by atoms with E-state index in [-0.39, 0.29) is 0 Å². The second kappa shape index (κ2) is 7.94. The maximum absolute atomic E-state index is 7.51. The van der Waals surface area contributed by atoms with E-state index in [1.54, 1.807) is 21.3 Å². The SMILES string of the molecule is COc1ccccc1S(Cl)(c1ccccc1OC)c1ccccc1OC. The van der Waals surface area contributed by atoms with Gasteiger partial charge in [-0.2, -0.15) is 0 Å². The summed E-state index contributed by atoms with van der Waals surface area (Å²) in [6, 6.07) is 23.5. The summed E-state index contributed by atoms with van der Waals surface area (Å²) < 4.78 is 16.9. The molecule has 3 aromatic carbocycles. The van der Waals surface area contributed by atoms with Gasteiger partial charge in [0, 0.05) is 0 Å². The zero-order valence-electron chi connectivity index (χ0n) is 14.9. The van der Waals surface area contributed by atoms with Crippen molar-refractivity contribution in [1.82, 2.24) is 0 Å². The maximum Gasteiger partial charge on any atom is 0.132 e. The molecule has 0 aromatic heterocycles. The molecule has 0 N–H and O–H groups in total. The molecule has 0 saturated carbocycles. The fourth-order valence-corrected chi connectivity index (χ4v) is 6.85. The van der Waals surface area contributed by atoms with Crippen LogP contribution in [-0.4, -0.2) is 21.3 Å². The molecule has 0 atom stereocenters. The van der Waals surface area contributed by atoms with Crippen LogP contribution < -0.4 is 14.2 Å². The third kappa shape index (κ3) is 3.11. The fraction of sp³-hybridized carbons (Fsp3) is 0.143. The van der Waals surface area contributed by atoms with Crippen molar-refractivity contribution < 1.29 is 14.2 Å². The first-order valence-corrected chi connectivity index (χ1v) is 10.5. The lowest BCUT2D eigenvalue weighted by Gasteiger charge is -2.36. The average molecular weight is 389 g/mol. The van der Waals surface area contributed by atoms with Crippen LogP contribution in [-0.2, 0) is 0 Å². The van der Waals surface area contributed by atoms with Crippen LogP contribution in [0.2, 0.25) is 0 Å². The number of halogens is 1. The minimum Gasteiger partial charge on any atom is -0.496 e. The first-order chi connectivity index (χ1) is 12.7. The monoisotopic (exact) mass is 388 g/mol. The highest BCUT2D eigenvalue weighted by molar-refractivity contribution is 8.51. The summed E-state index contributed by atoms with van der Waals surface area (Å²) in [4.78, 5) is 2.70. The van der Waals surface area contributed by atoms with Crippen LogP contribution in [0.5, 0.6) is 17.2 Å². The largest absolute Gasteiger partial charge is 0.496 e. The molecule has 0 spiro atoms. The molecule has 3 rings (SSSR count). The van der Waals surface area contributed by atoms with E-state index < -0.39 is 9.24 Å². The summed E-state index contributed by atoms with van der Waals surface area (Å²) in [5.41, 5.74) is 0. The third-order valence-electron chi connectivity index (χ3n) is 4.12. The topological polar surface area (TPSA) is 27.7 Å². The van der Waals surface area contributed by atoms with Crippen molar-refractivity contribution in [3.05, 3.63) is 72.8 Å². The quantitative estimate of drug-likeness (QED) is 0.507. The Morgan fingerprint density at radius 3 is 1.08 bits per heavy atom. The minimum absolute atomic E-state index is 0.731. The van der Waals surface area contributed by atoms with Gasteiger partial charge in [0.25, 0.3) is 0 Å². The zero-order valence-corrected chi connectivity index (χ0v) is 16.5. The number of hydrogen-bond donors (Lipinski definition) is 0. The zero-order chi connectivity index (χ0) is 18.6. The van der Waals surface area contributed by atoms with Crippen molar-refractivity contribution >= 4 is 19.9 Å². The van der Waals surface area contributed by atoms with Gasteiger partial charge in [-0.15, -0.1) is 0 Å². The predicted octanol–water partition coefficient (Wildman–Crippen LogP) is 6.15. The van der Waals surface area contributed by atoms with Gasteiger partial charge in [0.15, 0.2) is 0 Å². The Bertz CT molecular complexity index is 782. The summed E-state index contributed by atoms with van der Waals surface area (Å²) in [7, 11) is 10.3. The Morgan fingerprint density at radius 1 is 0.538 bits per heavy atom. The highest BCUT2D eigenvalue weighted by Gasteiger charge is 2.36. The van der Waals surface area contributed by atoms with Crippen LogP contribution in [0.15, 0.2) is 87.5 Å². The Labute approximate surface area is 160 Å². The summed E-state index contributed by atoms with van der Waals surface area (Å²) in [5, 5.41) is 0. The van der Waals surface area contributed by atoms with Gasteiger partial charge in [-0.25, -0.2) is 0 Å². The Kier molecular flexibility index (Phi) is 5.64. The van der Waals surface area contributed by atoms with E-state index in [1.807, 2.05) is 72.8 Å². The van der Waals surface area contributed by atoms with Gasteiger partial charge in [-0.3, -0.25) is 0 Å². The van der Waals surface area contributed by atoms with E-state index in [2.05, 4.69) is 0 Å². The number of methoxy groups -OCH3 is 3. The van der Waals surface area contributed by atoms with E-state index in [1.165, 1.54) is 0 Å². The standard InChI is InChI=1S/C21H21ClO3S/c1-23-16-10-4-7-13-19(16)26(22,20-14-8-5-11-17(20)24-2)21-15-9-6-12-18(21)25-3/h4-15H,1-3H3. The Morgan fingerprint density at radius 2 is 0.808 bits per heavy atom. The van der Waals surface area contributed by atoms with Crippen molar-refractivity contribution in [2.24, 2.45) is 0 Å². The molecular weight excluding hydrogens is 368 g/mol. The molecule has 3 nitrogen and oxygen atoms in total. The molecule has 5 heteroatoms. The number of hydrogen-bond acceptors (Lipinski definition) is 3. The van der Waals surface area contributed by atoms with Crippen molar-refractivity contribution in [2.45, 2.75) is 14.7 Å². The summed E-state index contributed by atoms with van der Waals surface area (Å²) in [6.45, 7) is 0. The Hall–Kier alpha value is -2.30. The smallest absolute Gasteiger partial charge is 0.132 e. The van der Waals surface area contributed by atoms with E-state index in [0.717, 1.165) is 31.9 Å². The maximum atomic E-state index is 7.51. The van der Waals surface area contributed by atoms with Gasteiger partial charge in [0.2, 0.25) is 0 Å². The summed E-state index contributed by atoms with van der Waals surface area (Å²) in [6.07, 6.45) is 0. The molecule has 0 aliphatic carbocycles. The minimum atomic E-state index is -2.21. The molecule has 26 heavy (non-hydrogen) atoms. The van der Waals surface area contributed by atoms with Crippen molar-refractivity contribution in [1.29, 1.82) is 0 Å². The summed E-state index contributed by atoms with van der Waals surface area (Å²) >= 11 is 0. The molecule has 0 fully saturated rings. The van der Waals surface area contributed by atoms with Crippen LogP contribution in [0.4, 0.5) is 0 Å². The molecule has 136 valence electrons. The second-order valence-corrected chi connectivity index (χ2v) is 9.27. The third-order valence-corrected chi connectivity index (χ3v) is 8.44. The Balaban J connectivity index is 2.40. The lowest BCUT2D eigenvalue weighted by molar-refractivity contribution is 0.399. The second-order valence-electron chi connectivity index (χ2n) is 5.49. The number of ether oxygens (including phenoxy) is 3. The van der Waals surface area contributed by atoms with Gasteiger partial charge in [-0.05, 0) is 36.4 Å². The lowest BCUT2D eigenvalue weighted by atomic mass is 10.3. The molecule has 0 amide bonds. The van der Waals surface area contributed by atoms with Gasteiger partial charge < -0.3 is 14.2 Å². The van der Waals surface area contributed by atoms with Crippen LogP contribution in [0, 0.1) is 0 Å². The molecule has 0 aliphatic rings. The van der Waals surface area contributed by atoms with Crippen LogP contribution in [0.25, 0.3) is 0 Å². The first kappa shape index (κ1) is 18.5. The molecule has 0 saturated heterocycles. The normalized spacial score (nSPS) is 11.7. The fourth-order valence-electron chi connectivity index (χ4n) is 2.91. The predicted molar refractivity (Wildman–Crippen MR) is 107 cm³/mol. The molecule has 0 heterocycles. The molecule has 0 aliphatic heterocycles. The average Bonchev–Trinajstić information content (AvgIpc) is 2.73. The van der Waals surface area contributed by atoms with Crippen molar-refractivity contribution in [3.63, 3.8) is 0 Å². The first-order valence-electron chi connectivity index (χ1n) is 8.09. The van der Waals surface area contributed by atoms with E-state index in [4.69, 9.17) is 24.9 Å². The van der Waals surface area contributed by atoms with Crippen molar-refractivity contribution in [3.8, 4) is 17.2 Å². The molecular formula is C21H21ClO3S. The molecule has 0 unspecified atom stereocenters. The van der Waals surface area contributed by atoms with E-state index in [9.17, 15) is 0 Å². The molecule has 0 bridgehead atoms. The van der Waals surface area contributed by atoms with Crippen LogP contribution >= 0.6 is 19.9 Å². The van der Waals surface area contributed by atoms with Gasteiger partial charge in [0.05, 0.1) is 36.0 Å². The highest BCUT2D eigenvalue weighted by Crippen LogP contribution is 2.77. The number of para-hydroxylation sites is 3. The lowest BCUT2D eigenvalue weighted by Crippen LogP contribution is -2.03. The van der Waals surface area contributed by atoms with Gasteiger partial charge in [-0.1, -0.05) is 56.3 Å². The molecule has 3 aromatic rings. The van der Waals surface area contributed by atoms with Crippen LogP contribution in [0.3, 0.4) is 0 Å². The van der Waals surface area contributed by atoms with Crippen molar-refractivity contribution in [2.75, 3.05) is 21.3 Å². The van der Waals surface area contributed by atoms with Crippen LogP contribution in [0.1, 0.15) is 0 Å². The number of benzene rings is 3. The van der Waals surface area contributed by atoms with E-state index >= 15 is 0 Å². The summed E-state index contributed by atoms with van der Waals surface area (Å²) in [5.74, 6) is 2.19. The van der Waals surface area contributed by atoms with E-state index in [0.29, 0.717) is 0 Å². The molecule has 0 radical (unpaired) electrons.